The summed E-state index contributed by atoms with van der Waals surface area (Å²) in [6.45, 7) is 5.40. The molecule has 0 aliphatic carbocycles. The highest BCUT2D eigenvalue weighted by Crippen LogP contribution is 2.23. The SMILES string of the molecule is CC(C)(C)OC(=O)N1CCC(CO)(NC(=O)O)C1. The number of likely N-dealkylation sites (tertiary alicyclic amines) is 1. The smallest absolute Gasteiger partial charge is 0.410 e. The van der Waals surface area contributed by atoms with Gasteiger partial charge in [0.1, 0.15) is 5.60 Å². The van der Waals surface area contributed by atoms with Crippen molar-refractivity contribution in [3.63, 3.8) is 0 Å². The zero-order valence-electron chi connectivity index (χ0n) is 10.9. The van der Waals surface area contributed by atoms with Gasteiger partial charge in [-0.05, 0) is 27.2 Å². The monoisotopic (exact) mass is 260 g/mol. The fourth-order valence-corrected chi connectivity index (χ4v) is 1.85. The van der Waals surface area contributed by atoms with E-state index in [1.54, 1.807) is 20.8 Å². The van der Waals surface area contributed by atoms with Crippen molar-refractivity contribution in [2.45, 2.75) is 38.3 Å². The summed E-state index contributed by atoms with van der Waals surface area (Å²) >= 11 is 0. The highest BCUT2D eigenvalue weighted by molar-refractivity contribution is 5.70. The molecule has 1 rings (SSSR count). The summed E-state index contributed by atoms with van der Waals surface area (Å²) in [5, 5.41) is 20.3. The summed E-state index contributed by atoms with van der Waals surface area (Å²) in [5.74, 6) is 0. The number of hydrogen-bond acceptors (Lipinski definition) is 4. The molecule has 7 heteroatoms. The number of nitrogens with zero attached hydrogens (tertiary/aromatic N) is 1. The molecule has 0 aromatic carbocycles. The van der Waals surface area contributed by atoms with Crippen molar-refractivity contribution >= 4 is 12.2 Å². The molecule has 1 saturated heterocycles. The van der Waals surface area contributed by atoms with Crippen LogP contribution in [0.25, 0.3) is 0 Å². The Balaban J connectivity index is 2.64. The number of carboxylic acid groups (broad SMARTS) is 1. The Kier molecular flexibility index (Phi) is 4.05. The molecule has 0 bridgehead atoms. The van der Waals surface area contributed by atoms with Gasteiger partial charge in [0, 0.05) is 13.1 Å². The van der Waals surface area contributed by atoms with Crippen LogP contribution in [0, 0.1) is 0 Å². The Hall–Kier alpha value is -1.50. The maximum absolute atomic E-state index is 11.8. The molecule has 0 aromatic heterocycles. The average Bonchev–Trinajstić information content (AvgIpc) is 2.59. The quantitative estimate of drug-likeness (QED) is 0.676. The molecule has 1 aliphatic rings. The Morgan fingerprint density at radius 2 is 2.06 bits per heavy atom. The molecule has 1 fully saturated rings. The third-order valence-corrected chi connectivity index (χ3v) is 2.68. The van der Waals surface area contributed by atoms with Crippen molar-refractivity contribution in [3.05, 3.63) is 0 Å². The molecule has 2 amide bonds. The molecule has 1 heterocycles. The minimum atomic E-state index is -1.21. The molecule has 1 unspecified atom stereocenters. The number of carbonyl (C=O) groups excluding carboxylic acids is 1. The van der Waals surface area contributed by atoms with Crippen LogP contribution in [0.5, 0.6) is 0 Å². The number of rotatable bonds is 2. The fourth-order valence-electron chi connectivity index (χ4n) is 1.85. The second kappa shape index (κ2) is 5.01. The first-order valence-corrected chi connectivity index (χ1v) is 5.77. The molecule has 7 nitrogen and oxygen atoms in total. The van der Waals surface area contributed by atoms with E-state index < -0.39 is 23.3 Å². The second-order valence-electron chi connectivity index (χ2n) is 5.52. The molecule has 3 N–H and O–H groups in total. The number of nitrogens with one attached hydrogen (secondary N) is 1. The van der Waals surface area contributed by atoms with Crippen molar-refractivity contribution < 1.29 is 24.5 Å². The van der Waals surface area contributed by atoms with E-state index in [4.69, 9.17) is 9.84 Å². The summed E-state index contributed by atoms with van der Waals surface area (Å²) in [7, 11) is 0. The highest BCUT2D eigenvalue weighted by atomic mass is 16.6. The van der Waals surface area contributed by atoms with Gasteiger partial charge in [0.15, 0.2) is 0 Å². The van der Waals surface area contributed by atoms with E-state index in [0.717, 1.165) is 0 Å². The zero-order valence-corrected chi connectivity index (χ0v) is 10.9. The Morgan fingerprint density at radius 1 is 1.44 bits per heavy atom. The molecule has 0 aromatic rings. The van der Waals surface area contributed by atoms with Crippen LogP contribution in [-0.2, 0) is 4.74 Å². The predicted octanol–water partition coefficient (Wildman–Crippen LogP) is 0.626. The largest absolute Gasteiger partial charge is 0.465 e. The van der Waals surface area contributed by atoms with E-state index in [-0.39, 0.29) is 13.2 Å². The van der Waals surface area contributed by atoms with Crippen molar-refractivity contribution in [1.29, 1.82) is 0 Å². The van der Waals surface area contributed by atoms with Crippen molar-refractivity contribution in [2.24, 2.45) is 0 Å². The van der Waals surface area contributed by atoms with Gasteiger partial charge in [-0.1, -0.05) is 0 Å². The molecular formula is C11H20N2O5. The molecular weight excluding hydrogens is 240 g/mol. The molecule has 104 valence electrons. The topological polar surface area (TPSA) is 99.1 Å². The van der Waals surface area contributed by atoms with E-state index in [2.05, 4.69) is 5.32 Å². The van der Waals surface area contributed by atoms with Crippen LogP contribution in [0.4, 0.5) is 9.59 Å². The van der Waals surface area contributed by atoms with E-state index in [1.807, 2.05) is 0 Å². The van der Waals surface area contributed by atoms with Crippen molar-refractivity contribution in [1.82, 2.24) is 10.2 Å². The van der Waals surface area contributed by atoms with Gasteiger partial charge in [-0.2, -0.15) is 0 Å². The zero-order chi connectivity index (χ0) is 14.0. The van der Waals surface area contributed by atoms with Crippen LogP contribution in [0.3, 0.4) is 0 Å². The third kappa shape index (κ3) is 3.76. The van der Waals surface area contributed by atoms with Gasteiger partial charge in [0.05, 0.1) is 12.1 Å². The standard InChI is InChI=1S/C11H20N2O5/c1-10(2,3)18-9(17)13-5-4-11(6-13,7-14)12-8(15)16/h12,14H,4-7H2,1-3H3,(H,15,16). The van der Waals surface area contributed by atoms with Crippen molar-refractivity contribution in [2.75, 3.05) is 19.7 Å². The van der Waals surface area contributed by atoms with Crippen molar-refractivity contribution in [3.8, 4) is 0 Å². The van der Waals surface area contributed by atoms with Gasteiger partial charge in [-0.15, -0.1) is 0 Å². The Bertz CT molecular complexity index is 339. The van der Waals surface area contributed by atoms with Gasteiger partial charge in [0.25, 0.3) is 0 Å². The first-order valence-electron chi connectivity index (χ1n) is 5.77. The number of aliphatic hydroxyl groups excluding tert-OH is 1. The van der Waals surface area contributed by atoms with Crippen LogP contribution in [0.1, 0.15) is 27.2 Å². The lowest BCUT2D eigenvalue weighted by Crippen LogP contribution is -2.53. The number of carbonyl (C=O) groups is 2. The second-order valence-corrected chi connectivity index (χ2v) is 5.52. The summed E-state index contributed by atoms with van der Waals surface area (Å²) in [4.78, 5) is 23.9. The van der Waals surface area contributed by atoms with Gasteiger partial charge >= 0.3 is 12.2 Å². The maximum Gasteiger partial charge on any atom is 0.410 e. The molecule has 0 spiro atoms. The van der Waals surface area contributed by atoms with E-state index in [0.29, 0.717) is 13.0 Å². The highest BCUT2D eigenvalue weighted by Gasteiger charge is 2.42. The molecule has 0 saturated carbocycles. The van der Waals surface area contributed by atoms with Crippen LogP contribution in [0.2, 0.25) is 0 Å². The van der Waals surface area contributed by atoms with Crippen LogP contribution in [-0.4, -0.2) is 58.1 Å². The number of aliphatic hydroxyl groups is 1. The first-order chi connectivity index (χ1) is 8.17. The number of ether oxygens (including phenoxy) is 1. The van der Waals surface area contributed by atoms with Crippen LogP contribution in [0.15, 0.2) is 0 Å². The van der Waals surface area contributed by atoms with E-state index in [1.165, 1.54) is 4.90 Å². The minimum absolute atomic E-state index is 0.116. The molecule has 1 aliphatic heterocycles. The lowest BCUT2D eigenvalue weighted by Gasteiger charge is -2.28. The normalized spacial score (nSPS) is 23.9. The summed E-state index contributed by atoms with van der Waals surface area (Å²) in [6, 6.07) is 0. The van der Waals surface area contributed by atoms with Crippen LogP contribution < -0.4 is 5.32 Å². The molecule has 1 atom stereocenters. The predicted molar refractivity (Wildman–Crippen MR) is 63.4 cm³/mol. The Morgan fingerprint density at radius 3 is 2.50 bits per heavy atom. The summed E-state index contributed by atoms with van der Waals surface area (Å²) in [5.41, 5.74) is -1.58. The molecule has 18 heavy (non-hydrogen) atoms. The third-order valence-electron chi connectivity index (χ3n) is 2.68. The fraction of sp³-hybridized carbons (Fsp3) is 0.818. The van der Waals surface area contributed by atoms with Crippen LogP contribution >= 0.6 is 0 Å². The van der Waals surface area contributed by atoms with Gasteiger partial charge in [-0.25, -0.2) is 9.59 Å². The van der Waals surface area contributed by atoms with E-state index >= 15 is 0 Å². The molecule has 0 radical (unpaired) electrons. The van der Waals surface area contributed by atoms with Gasteiger partial charge < -0.3 is 25.2 Å². The lowest BCUT2D eigenvalue weighted by molar-refractivity contribution is 0.0270. The number of hydrogen-bond donors (Lipinski definition) is 3. The Labute approximate surface area is 106 Å². The lowest BCUT2D eigenvalue weighted by atomic mass is 10.0. The van der Waals surface area contributed by atoms with Gasteiger partial charge in [0.2, 0.25) is 0 Å². The minimum Gasteiger partial charge on any atom is -0.465 e. The average molecular weight is 260 g/mol. The number of amides is 2. The van der Waals surface area contributed by atoms with Gasteiger partial charge in [-0.3, -0.25) is 0 Å². The van der Waals surface area contributed by atoms with E-state index in [9.17, 15) is 14.7 Å². The summed E-state index contributed by atoms with van der Waals surface area (Å²) < 4.78 is 5.19. The first kappa shape index (κ1) is 14.6. The maximum atomic E-state index is 11.8. The summed E-state index contributed by atoms with van der Waals surface area (Å²) in [6.07, 6.45) is -1.34.